The lowest BCUT2D eigenvalue weighted by Crippen LogP contribution is -2.41. The number of amides is 1. The zero-order valence-corrected chi connectivity index (χ0v) is 38.6. The highest BCUT2D eigenvalue weighted by Crippen LogP contribution is 2.28. The predicted molar refractivity (Wildman–Crippen MR) is 241 cm³/mol. The van der Waals surface area contributed by atoms with Crippen molar-refractivity contribution in [3.63, 3.8) is 0 Å². The lowest BCUT2D eigenvalue weighted by atomic mass is 9.87. The van der Waals surface area contributed by atoms with Crippen LogP contribution in [0.5, 0.6) is 11.5 Å². The molecule has 0 atom stereocenters. The Kier molecular flexibility index (Phi) is 18.6. The molecule has 0 radical (unpaired) electrons. The molecule has 1 N–H and O–H groups in total. The van der Waals surface area contributed by atoms with Gasteiger partial charge in [0.25, 0.3) is 0 Å². The van der Waals surface area contributed by atoms with Crippen LogP contribution in [-0.2, 0) is 55.5 Å². The van der Waals surface area contributed by atoms with Gasteiger partial charge in [-0.2, -0.15) is 0 Å². The van der Waals surface area contributed by atoms with E-state index in [0.717, 1.165) is 29.0 Å². The minimum absolute atomic E-state index is 0.0312. The Morgan fingerprint density at radius 2 is 1.11 bits per heavy atom. The molecule has 4 rings (SSSR count). The molecule has 1 amide bonds. The van der Waals surface area contributed by atoms with Gasteiger partial charge in [-0.05, 0) is 71.3 Å². The summed E-state index contributed by atoms with van der Waals surface area (Å²) >= 11 is 17.6. The number of carbonyl (C=O) groups excluding carboxylic acids is 3. The molecule has 0 saturated carbocycles. The quantitative estimate of drug-likeness (QED) is 0.0378. The molecular weight excluding hydrogens is 839 g/mol. The normalized spacial score (nSPS) is 11.8. The molecule has 4 aromatic carbocycles. The van der Waals surface area contributed by atoms with Crippen LogP contribution in [0.2, 0.25) is 0 Å². The highest BCUT2D eigenvalue weighted by molar-refractivity contribution is 6.67. The molecule has 0 heterocycles. The molecule has 0 unspecified atom stereocenters. The van der Waals surface area contributed by atoms with Gasteiger partial charge in [0.1, 0.15) is 37.9 Å². The van der Waals surface area contributed by atoms with E-state index in [1.807, 2.05) is 62.4 Å². The van der Waals surface area contributed by atoms with Crippen molar-refractivity contribution in [2.24, 2.45) is 5.41 Å². The Bertz CT molecular complexity index is 1990. The third-order valence-electron chi connectivity index (χ3n) is 9.39. The van der Waals surface area contributed by atoms with Crippen molar-refractivity contribution in [3.05, 3.63) is 130 Å². The van der Waals surface area contributed by atoms with Crippen LogP contribution in [0.4, 0.5) is 4.79 Å². The van der Waals surface area contributed by atoms with Crippen molar-refractivity contribution in [1.29, 1.82) is 0 Å². The maximum Gasteiger partial charge on any atom is 0.410 e. The van der Waals surface area contributed by atoms with Gasteiger partial charge >= 0.3 is 18.0 Å². The van der Waals surface area contributed by atoms with Crippen molar-refractivity contribution >= 4 is 52.8 Å². The van der Waals surface area contributed by atoms with E-state index < -0.39 is 33.8 Å². The maximum absolute atomic E-state index is 13.2. The molecule has 0 aromatic heterocycles. The van der Waals surface area contributed by atoms with E-state index in [1.54, 1.807) is 12.1 Å². The van der Waals surface area contributed by atoms with Crippen LogP contribution < -0.4 is 14.8 Å². The molecule has 61 heavy (non-hydrogen) atoms. The van der Waals surface area contributed by atoms with Crippen LogP contribution in [0.25, 0.3) is 0 Å². The van der Waals surface area contributed by atoms with Gasteiger partial charge < -0.3 is 33.9 Å². The van der Waals surface area contributed by atoms with Gasteiger partial charge in [-0.15, -0.1) is 0 Å². The molecule has 0 bridgehead atoms. The molecule has 330 valence electrons. The Morgan fingerprint density at radius 3 is 1.67 bits per heavy atom. The van der Waals surface area contributed by atoms with Crippen molar-refractivity contribution in [2.45, 2.75) is 96.8 Å². The number of hydrogen-bond acceptors (Lipinski definition) is 9. The molecule has 4 aromatic rings. The molecule has 0 aliphatic rings. The van der Waals surface area contributed by atoms with Gasteiger partial charge in [0.2, 0.25) is 3.79 Å². The third-order valence-corrected chi connectivity index (χ3v) is 9.72. The number of esters is 2. The van der Waals surface area contributed by atoms with Gasteiger partial charge in [0, 0.05) is 31.6 Å². The Hall–Kier alpha value is -4.48. The zero-order chi connectivity index (χ0) is 44.6. The van der Waals surface area contributed by atoms with E-state index in [-0.39, 0.29) is 44.6 Å². The second-order valence-corrected chi connectivity index (χ2v) is 19.6. The lowest BCUT2D eigenvalue weighted by molar-refractivity contribution is -0.152. The smallest absolute Gasteiger partial charge is 0.410 e. The second kappa shape index (κ2) is 23.1. The predicted octanol–water partition coefficient (Wildman–Crippen LogP) is 10.8. The minimum Gasteiger partial charge on any atom is -0.490 e. The molecule has 10 nitrogen and oxygen atoms in total. The molecule has 13 heteroatoms. The minimum atomic E-state index is -1.80. The highest BCUT2D eigenvalue weighted by atomic mass is 35.6. The average Bonchev–Trinajstić information content (AvgIpc) is 3.19. The molecule has 0 saturated heterocycles. The van der Waals surface area contributed by atoms with E-state index in [4.69, 9.17) is 58.5 Å². The molecule has 0 spiro atoms. The Morgan fingerprint density at radius 1 is 0.607 bits per heavy atom. The monoisotopic (exact) mass is 896 g/mol. The highest BCUT2D eigenvalue weighted by Gasteiger charge is 2.30. The van der Waals surface area contributed by atoms with Crippen molar-refractivity contribution < 1.29 is 38.1 Å². The SMILES string of the molecule is Cc1cc(C)cc(CNCc2ccc(COC(=O)CCC(=O)OCC(C)(C)CN(Cc3ccc(OCCOc4ccc(C(C)(C)C)cc4)cc3)C(=O)OCC(Cl)(Cl)Cl)cc2)c1. The zero-order valence-electron chi connectivity index (χ0n) is 36.3. The van der Waals surface area contributed by atoms with Crippen LogP contribution in [0, 0.1) is 19.3 Å². The van der Waals surface area contributed by atoms with Gasteiger partial charge in [0.15, 0.2) is 0 Å². The summed E-state index contributed by atoms with van der Waals surface area (Å²) in [4.78, 5) is 39.8. The van der Waals surface area contributed by atoms with Crippen LogP contribution in [0.1, 0.15) is 86.4 Å². The Labute approximate surface area is 376 Å². The van der Waals surface area contributed by atoms with Gasteiger partial charge in [-0.25, -0.2) is 4.79 Å². The van der Waals surface area contributed by atoms with Gasteiger partial charge in [-0.3, -0.25) is 9.59 Å². The number of nitrogens with one attached hydrogen (secondary N) is 1. The summed E-state index contributed by atoms with van der Waals surface area (Å²) in [5.74, 6) is 0.338. The number of aryl methyl sites for hydroxylation is 2. The second-order valence-electron chi connectivity index (χ2n) is 17.0. The first kappa shape index (κ1) is 49.2. The first-order valence-corrected chi connectivity index (χ1v) is 21.5. The van der Waals surface area contributed by atoms with Crippen LogP contribution in [0.15, 0.2) is 91.0 Å². The largest absolute Gasteiger partial charge is 0.490 e. The summed E-state index contributed by atoms with van der Waals surface area (Å²) in [7, 11) is 0. The molecule has 0 aliphatic carbocycles. The number of halogens is 3. The topological polar surface area (TPSA) is 113 Å². The first-order chi connectivity index (χ1) is 28.7. The summed E-state index contributed by atoms with van der Waals surface area (Å²) in [5.41, 5.74) is 7.06. The van der Waals surface area contributed by atoms with E-state index in [9.17, 15) is 14.4 Å². The molecule has 0 fully saturated rings. The molecule has 0 aliphatic heterocycles. The summed E-state index contributed by atoms with van der Waals surface area (Å²) in [5, 5.41) is 3.47. The van der Waals surface area contributed by atoms with Gasteiger partial charge in [0.05, 0.1) is 19.4 Å². The van der Waals surface area contributed by atoms with Crippen LogP contribution >= 0.6 is 34.8 Å². The number of hydrogen-bond donors (Lipinski definition) is 1. The number of carbonyl (C=O) groups is 3. The number of ether oxygens (including phenoxy) is 5. The van der Waals surface area contributed by atoms with E-state index >= 15 is 0 Å². The molecular formula is C48H59Cl3N2O8. The summed E-state index contributed by atoms with van der Waals surface area (Å²) < 4.78 is 26.2. The fraction of sp³-hybridized carbons (Fsp3) is 0.438. The Balaban J connectivity index is 1.19. The third kappa shape index (κ3) is 19.0. The summed E-state index contributed by atoms with van der Waals surface area (Å²) in [6.07, 6.45) is -0.992. The fourth-order valence-electron chi connectivity index (χ4n) is 6.33. The van der Waals surface area contributed by atoms with E-state index in [0.29, 0.717) is 25.5 Å². The van der Waals surface area contributed by atoms with Crippen LogP contribution in [0.3, 0.4) is 0 Å². The number of alkyl halides is 3. The average molecular weight is 898 g/mol. The van der Waals surface area contributed by atoms with Gasteiger partial charge in [-0.1, -0.05) is 147 Å². The summed E-state index contributed by atoms with van der Waals surface area (Å²) in [6, 6.07) is 29.7. The van der Waals surface area contributed by atoms with E-state index in [2.05, 4.69) is 70.3 Å². The standard InChI is InChI=1S/C48H59Cl3N2O8/c1-34-24-35(2)26-39(25-34)28-52-27-36-8-10-38(11-9-36)30-59-43(54)20-21-44(55)60-32-47(6,7)31-53(45(56)61-33-48(49,50)51)29-37-12-16-41(17-13-37)57-22-23-58-42-18-14-40(15-19-42)46(3,4)5/h8-19,24-26,52H,20-23,27-33H2,1-7H3. The number of nitrogens with zero attached hydrogens (tertiary/aromatic N) is 1. The van der Waals surface area contributed by atoms with Crippen molar-refractivity contribution in [3.8, 4) is 11.5 Å². The maximum atomic E-state index is 13.2. The summed E-state index contributed by atoms with van der Waals surface area (Å²) in [6.45, 7) is 16.5. The number of benzene rings is 4. The van der Waals surface area contributed by atoms with Crippen molar-refractivity contribution in [1.82, 2.24) is 10.2 Å². The van der Waals surface area contributed by atoms with Crippen LogP contribution in [-0.4, -0.2) is 59.7 Å². The number of rotatable bonds is 21. The van der Waals surface area contributed by atoms with E-state index in [1.165, 1.54) is 27.2 Å². The first-order valence-electron chi connectivity index (χ1n) is 20.3. The fourth-order valence-corrected chi connectivity index (χ4v) is 6.49. The lowest BCUT2D eigenvalue weighted by Gasteiger charge is -2.32. The van der Waals surface area contributed by atoms with Crippen molar-refractivity contribution in [2.75, 3.05) is 33.0 Å².